The summed E-state index contributed by atoms with van der Waals surface area (Å²) < 4.78 is 40.6. The van der Waals surface area contributed by atoms with Crippen LogP contribution in [0.4, 0.5) is 14.6 Å². The van der Waals surface area contributed by atoms with Gasteiger partial charge in [0.05, 0.1) is 50.8 Å². The predicted octanol–water partition coefficient (Wildman–Crippen LogP) is 6.58. The molecule has 8 aromatic rings. The van der Waals surface area contributed by atoms with E-state index in [0.717, 1.165) is 23.5 Å². The number of hydrogen-bond donors (Lipinski definition) is 1. The summed E-state index contributed by atoms with van der Waals surface area (Å²) in [5.74, 6) is 0.406. The number of nitrogen functional groups attached to an aromatic ring is 1. The van der Waals surface area contributed by atoms with Crippen LogP contribution >= 0.6 is 11.6 Å². The summed E-state index contributed by atoms with van der Waals surface area (Å²) in [6.45, 7) is 4.22. The van der Waals surface area contributed by atoms with Gasteiger partial charge in [-0.3, -0.25) is 9.97 Å². The highest BCUT2D eigenvalue weighted by Crippen LogP contribution is 2.30. The fourth-order valence-corrected chi connectivity index (χ4v) is 6.36. The summed E-state index contributed by atoms with van der Waals surface area (Å²) >= 11 is 6.27. The third-order valence-corrected chi connectivity index (χ3v) is 9.02. The predicted molar refractivity (Wildman–Crippen MR) is 210 cm³/mol. The number of imidazole rings is 2. The SMILES string of the molecule is COC(=O)c1ccc(Cn2c(-c3cncc(F)c3)nc3c(Cl)nc(C)nc32)cc1.COC(=O)c1ccc(Cn2c(-c3cncc(F)c3)nc3c(N)nc(C)nc32)cc1. The van der Waals surface area contributed by atoms with E-state index < -0.39 is 23.6 Å². The van der Waals surface area contributed by atoms with E-state index in [4.69, 9.17) is 26.8 Å². The molecule has 0 bridgehead atoms. The van der Waals surface area contributed by atoms with Crippen molar-refractivity contribution in [3.8, 4) is 22.8 Å². The summed E-state index contributed by atoms with van der Waals surface area (Å²) in [6, 6.07) is 16.6. The molecule has 8 rings (SSSR count). The maximum Gasteiger partial charge on any atom is 0.337 e. The number of carbonyl (C=O) groups is 2. The van der Waals surface area contributed by atoms with Gasteiger partial charge in [-0.2, -0.15) is 0 Å². The van der Waals surface area contributed by atoms with Crippen LogP contribution in [-0.2, 0) is 22.6 Å². The number of esters is 2. The van der Waals surface area contributed by atoms with Crippen LogP contribution in [0, 0.1) is 25.5 Å². The van der Waals surface area contributed by atoms with Crippen LogP contribution in [0.15, 0.2) is 85.5 Å². The van der Waals surface area contributed by atoms with E-state index in [0.29, 0.717) is 81.0 Å². The van der Waals surface area contributed by atoms with Gasteiger partial charge >= 0.3 is 11.9 Å². The topological polar surface area (TPSA) is 192 Å². The Labute approximate surface area is 333 Å². The molecule has 15 nitrogen and oxygen atoms in total. The Morgan fingerprint density at radius 2 is 1.07 bits per heavy atom. The number of nitrogens with zero attached hydrogens (tertiary/aromatic N) is 10. The zero-order chi connectivity index (χ0) is 41.1. The zero-order valence-electron chi connectivity index (χ0n) is 31.3. The molecule has 0 aliphatic rings. The second-order valence-corrected chi connectivity index (χ2v) is 13.1. The number of pyridine rings is 2. The van der Waals surface area contributed by atoms with Gasteiger partial charge in [0.25, 0.3) is 0 Å². The van der Waals surface area contributed by atoms with Crippen molar-refractivity contribution >= 4 is 51.7 Å². The Hall–Kier alpha value is -7.27. The first kappa shape index (κ1) is 39.0. The highest BCUT2D eigenvalue weighted by atomic mass is 35.5. The van der Waals surface area contributed by atoms with Gasteiger partial charge in [-0.15, -0.1) is 0 Å². The fraction of sp³-hybridized carbons (Fsp3) is 0.150. The normalized spacial score (nSPS) is 11.0. The van der Waals surface area contributed by atoms with Gasteiger partial charge in [-0.05, 0) is 61.4 Å². The number of aryl methyl sites for hydroxylation is 2. The Morgan fingerprint density at radius 1 is 0.638 bits per heavy atom. The average Bonchev–Trinajstić information content (AvgIpc) is 3.76. The molecule has 0 atom stereocenters. The van der Waals surface area contributed by atoms with Gasteiger partial charge in [-0.1, -0.05) is 35.9 Å². The number of anilines is 1. The molecule has 0 saturated heterocycles. The first-order valence-corrected chi connectivity index (χ1v) is 17.8. The van der Waals surface area contributed by atoms with E-state index in [1.807, 2.05) is 21.3 Å². The highest BCUT2D eigenvalue weighted by molar-refractivity contribution is 6.33. The number of aromatic nitrogens is 10. The van der Waals surface area contributed by atoms with E-state index >= 15 is 0 Å². The Bertz CT molecular complexity index is 2640. The first-order chi connectivity index (χ1) is 27.9. The maximum absolute atomic E-state index is 13.8. The van der Waals surface area contributed by atoms with Gasteiger partial charge < -0.3 is 24.3 Å². The molecule has 2 aromatic carbocycles. The van der Waals surface area contributed by atoms with Crippen LogP contribution in [0.1, 0.15) is 43.5 Å². The summed E-state index contributed by atoms with van der Waals surface area (Å²) in [5.41, 5.74) is 11.6. The molecule has 0 unspecified atom stereocenters. The molecule has 6 heterocycles. The van der Waals surface area contributed by atoms with E-state index in [9.17, 15) is 18.4 Å². The number of carbonyl (C=O) groups excluding carboxylic acids is 2. The lowest BCUT2D eigenvalue weighted by Crippen LogP contribution is -2.06. The average molecular weight is 804 g/mol. The minimum Gasteiger partial charge on any atom is -0.465 e. The van der Waals surface area contributed by atoms with Crippen LogP contribution in [0.2, 0.25) is 5.15 Å². The second-order valence-electron chi connectivity index (χ2n) is 12.8. The van der Waals surface area contributed by atoms with Crippen LogP contribution in [0.25, 0.3) is 45.1 Å². The Morgan fingerprint density at radius 3 is 1.52 bits per heavy atom. The molecule has 0 radical (unpaired) electrons. The number of benzene rings is 2. The molecular formula is C40H32ClF2N11O4. The molecule has 58 heavy (non-hydrogen) atoms. The molecule has 292 valence electrons. The zero-order valence-corrected chi connectivity index (χ0v) is 32.1. The Kier molecular flexibility index (Phi) is 11.1. The van der Waals surface area contributed by atoms with Crippen molar-refractivity contribution in [1.82, 2.24) is 49.0 Å². The number of ether oxygens (including phenoxy) is 2. The molecule has 0 saturated carbocycles. The summed E-state index contributed by atoms with van der Waals surface area (Å²) in [4.78, 5) is 57.5. The molecule has 0 amide bonds. The third-order valence-electron chi connectivity index (χ3n) is 8.75. The molecule has 0 aliphatic heterocycles. The first-order valence-electron chi connectivity index (χ1n) is 17.4. The van der Waals surface area contributed by atoms with Crippen LogP contribution in [0.5, 0.6) is 0 Å². The lowest BCUT2D eigenvalue weighted by atomic mass is 10.1. The molecule has 0 spiro atoms. The van der Waals surface area contributed by atoms with Crippen molar-refractivity contribution in [3.05, 3.63) is 136 Å². The third kappa shape index (κ3) is 8.15. The lowest BCUT2D eigenvalue weighted by Gasteiger charge is -2.10. The smallest absolute Gasteiger partial charge is 0.337 e. The van der Waals surface area contributed by atoms with Gasteiger partial charge in [0, 0.05) is 23.5 Å². The standard InChI is InChI=1S/C20H15ClFN5O2.C20H17FN6O2/c1-11-24-17(21)16-19(25-11)27(18(26-16)14-7-15(22)9-23-8-14)10-12-3-5-13(6-4-12)20(28)29-2;1-11-24-17(22)16-19(25-11)27(18(26-16)14-7-15(21)9-23-8-14)10-12-3-5-13(6-4-12)20(28)29-2/h3-9H,10H2,1-2H3;3-9H,10H2,1-2H3,(H2,22,24,25). The minimum absolute atomic E-state index is 0.220. The molecular weight excluding hydrogens is 772 g/mol. The minimum atomic E-state index is -0.475. The summed E-state index contributed by atoms with van der Waals surface area (Å²) in [7, 11) is 2.67. The maximum atomic E-state index is 13.8. The molecule has 0 fully saturated rings. The van der Waals surface area contributed by atoms with Crippen LogP contribution in [-0.4, -0.2) is 75.2 Å². The summed E-state index contributed by atoms with van der Waals surface area (Å²) in [6.07, 6.45) is 5.30. The summed E-state index contributed by atoms with van der Waals surface area (Å²) in [5, 5.41) is 0.220. The number of fused-ring (bicyclic) bond motifs is 2. The van der Waals surface area contributed by atoms with Crippen LogP contribution < -0.4 is 5.73 Å². The second kappa shape index (κ2) is 16.4. The van der Waals surface area contributed by atoms with Gasteiger partial charge in [0.1, 0.15) is 40.4 Å². The van der Waals surface area contributed by atoms with E-state index in [2.05, 4.69) is 39.9 Å². The Balaban J connectivity index is 0.000000177. The lowest BCUT2D eigenvalue weighted by molar-refractivity contribution is 0.0592. The molecule has 0 aliphatic carbocycles. The van der Waals surface area contributed by atoms with Crippen molar-refractivity contribution < 1.29 is 27.8 Å². The number of methoxy groups -OCH3 is 2. The van der Waals surface area contributed by atoms with Crippen molar-refractivity contribution in [2.24, 2.45) is 0 Å². The number of halogens is 3. The van der Waals surface area contributed by atoms with Crippen molar-refractivity contribution in [1.29, 1.82) is 0 Å². The van der Waals surface area contributed by atoms with Gasteiger partial charge in [-0.25, -0.2) is 48.3 Å². The molecule has 18 heteroatoms. The van der Waals surface area contributed by atoms with Crippen LogP contribution in [0.3, 0.4) is 0 Å². The highest BCUT2D eigenvalue weighted by Gasteiger charge is 2.20. The van der Waals surface area contributed by atoms with E-state index in [1.54, 1.807) is 50.2 Å². The van der Waals surface area contributed by atoms with Crippen molar-refractivity contribution in [2.75, 3.05) is 20.0 Å². The molecule has 6 aromatic heterocycles. The largest absolute Gasteiger partial charge is 0.465 e. The van der Waals surface area contributed by atoms with Gasteiger partial charge in [0.2, 0.25) is 0 Å². The number of nitrogens with two attached hydrogens (primary N) is 1. The molecule has 2 N–H and O–H groups in total. The van der Waals surface area contributed by atoms with Crippen molar-refractivity contribution in [2.45, 2.75) is 26.9 Å². The monoisotopic (exact) mass is 803 g/mol. The number of rotatable bonds is 8. The fourth-order valence-electron chi connectivity index (χ4n) is 6.11. The van der Waals surface area contributed by atoms with E-state index in [-0.39, 0.29) is 11.0 Å². The van der Waals surface area contributed by atoms with E-state index in [1.165, 1.54) is 38.7 Å². The van der Waals surface area contributed by atoms with Crippen molar-refractivity contribution in [3.63, 3.8) is 0 Å². The quantitative estimate of drug-likeness (QED) is 0.128. The van der Waals surface area contributed by atoms with Gasteiger partial charge in [0.15, 0.2) is 27.8 Å². The number of hydrogen-bond acceptors (Lipinski definition) is 13.